The largest absolute Gasteiger partial charge is 0.337 e. The monoisotopic (exact) mass is 374 g/mol. The summed E-state index contributed by atoms with van der Waals surface area (Å²) in [5.74, 6) is 0.939. The number of aromatic nitrogens is 2. The van der Waals surface area contributed by atoms with Gasteiger partial charge in [0.2, 0.25) is 0 Å². The quantitative estimate of drug-likeness (QED) is 0.553. The molecule has 1 unspecified atom stereocenters. The van der Waals surface area contributed by atoms with Crippen LogP contribution in [0.15, 0.2) is 60.7 Å². The Kier molecular flexibility index (Phi) is 4.28. The lowest BCUT2D eigenvalue weighted by atomic mass is 10.1. The molecule has 1 saturated heterocycles. The summed E-state index contributed by atoms with van der Waals surface area (Å²) in [6.45, 7) is 3.10. The maximum atomic E-state index is 6.01. The average molecular weight is 375 g/mol. The van der Waals surface area contributed by atoms with Gasteiger partial charge in [-0.25, -0.2) is 4.98 Å². The van der Waals surface area contributed by atoms with Crippen LogP contribution in [0.2, 0.25) is 0 Å². The summed E-state index contributed by atoms with van der Waals surface area (Å²) in [6, 6.07) is 21.7. The number of nitrogens with one attached hydrogen (secondary N) is 1. The van der Waals surface area contributed by atoms with Gasteiger partial charge >= 0.3 is 0 Å². The highest BCUT2D eigenvalue weighted by Crippen LogP contribution is 2.34. The number of H-pyrrole nitrogens is 1. The highest BCUT2D eigenvalue weighted by Gasteiger charge is 2.18. The fourth-order valence-electron chi connectivity index (χ4n) is 3.73. The number of hydrogen-bond acceptors (Lipinski definition) is 4. The Balaban J connectivity index is 1.34. The predicted molar refractivity (Wildman–Crippen MR) is 113 cm³/mol. The molecule has 0 aliphatic carbocycles. The van der Waals surface area contributed by atoms with Gasteiger partial charge in [-0.1, -0.05) is 36.4 Å². The maximum absolute atomic E-state index is 6.01. The SMILES string of the molecule is NC1CCN(Cc2ccc(-c3ccc(-c4nc5ccccc5[nH]4)s3)cc2)C1. The van der Waals surface area contributed by atoms with Crippen molar-refractivity contribution in [3.63, 3.8) is 0 Å². The number of nitrogens with two attached hydrogens (primary N) is 1. The Hall–Kier alpha value is -2.47. The minimum atomic E-state index is 0.340. The number of imidazole rings is 1. The van der Waals surface area contributed by atoms with Gasteiger partial charge in [-0.15, -0.1) is 11.3 Å². The third-order valence-electron chi connectivity index (χ3n) is 5.18. The lowest BCUT2D eigenvalue weighted by Crippen LogP contribution is -2.26. The highest BCUT2D eigenvalue weighted by atomic mass is 32.1. The van der Waals surface area contributed by atoms with Crippen LogP contribution in [0, 0.1) is 0 Å². The number of nitrogens with zero attached hydrogens (tertiary/aromatic N) is 2. The fraction of sp³-hybridized carbons (Fsp3) is 0.227. The summed E-state index contributed by atoms with van der Waals surface area (Å²) in [5.41, 5.74) is 10.7. The molecule has 2 aromatic carbocycles. The summed E-state index contributed by atoms with van der Waals surface area (Å²) in [5, 5.41) is 0. The Bertz CT molecular complexity index is 1030. The summed E-state index contributed by atoms with van der Waals surface area (Å²) >= 11 is 1.77. The van der Waals surface area contributed by atoms with E-state index < -0.39 is 0 Å². The standard InChI is InChI=1S/C22H22N4S/c23-17-11-12-26(14-17)13-15-5-7-16(8-6-15)20-9-10-21(27-20)22-24-18-3-1-2-4-19(18)25-22/h1-10,17H,11-14,23H2,(H,24,25). The van der Waals surface area contributed by atoms with Crippen molar-refractivity contribution in [2.45, 2.75) is 19.0 Å². The van der Waals surface area contributed by atoms with E-state index in [1.165, 1.54) is 16.0 Å². The van der Waals surface area contributed by atoms with E-state index in [9.17, 15) is 0 Å². The van der Waals surface area contributed by atoms with Gasteiger partial charge < -0.3 is 10.7 Å². The average Bonchev–Trinajstić information content (AvgIpc) is 3.41. The zero-order valence-electron chi connectivity index (χ0n) is 15.1. The number of rotatable bonds is 4. The van der Waals surface area contributed by atoms with E-state index in [2.05, 4.69) is 52.3 Å². The molecule has 3 N–H and O–H groups in total. The van der Waals surface area contributed by atoms with E-state index in [1.807, 2.05) is 18.2 Å². The van der Waals surface area contributed by atoms with Gasteiger partial charge in [0.25, 0.3) is 0 Å². The molecule has 0 amide bonds. The first-order valence-corrected chi connectivity index (χ1v) is 10.2. The number of benzene rings is 2. The van der Waals surface area contributed by atoms with E-state index in [1.54, 1.807) is 11.3 Å². The predicted octanol–water partition coefficient (Wildman–Crippen LogP) is 4.49. The molecule has 136 valence electrons. The van der Waals surface area contributed by atoms with Gasteiger partial charge in [0, 0.05) is 30.6 Å². The molecule has 1 atom stereocenters. The fourth-order valence-corrected chi connectivity index (χ4v) is 4.69. The van der Waals surface area contributed by atoms with Crippen LogP contribution in [0.25, 0.3) is 32.2 Å². The Morgan fingerprint density at radius 2 is 1.85 bits per heavy atom. The minimum Gasteiger partial charge on any atom is -0.337 e. The van der Waals surface area contributed by atoms with Gasteiger partial charge in [-0.2, -0.15) is 0 Å². The Labute approximate surface area is 162 Å². The van der Waals surface area contributed by atoms with Crippen LogP contribution in [0.1, 0.15) is 12.0 Å². The molecule has 0 spiro atoms. The maximum Gasteiger partial charge on any atom is 0.148 e. The normalized spacial score (nSPS) is 17.7. The van der Waals surface area contributed by atoms with Crippen molar-refractivity contribution in [3.8, 4) is 21.1 Å². The van der Waals surface area contributed by atoms with Gasteiger partial charge in [0.05, 0.1) is 15.9 Å². The zero-order chi connectivity index (χ0) is 18.2. The number of para-hydroxylation sites is 2. The van der Waals surface area contributed by atoms with Crippen LogP contribution in [-0.2, 0) is 6.54 Å². The molecule has 0 radical (unpaired) electrons. The Morgan fingerprint density at radius 3 is 2.63 bits per heavy atom. The van der Waals surface area contributed by atoms with E-state index in [0.717, 1.165) is 47.8 Å². The van der Waals surface area contributed by atoms with Crippen molar-refractivity contribution in [2.24, 2.45) is 5.73 Å². The van der Waals surface area contributed by atoms with E-state index in [-0.39, 0.29) is 0 Å². The summed E-state index contributed by atoms with van der Waals surface area (Å²) in [6.07, 6.45) is 1.11. The molecular weight excluding hydrogens is 352 g/mol. The first-order chi connectivity index (χ1) is 13.2. The molecule has 5 rings (SSSR count). The minimum absolute atomic E-state index is 0.340. The Morgan fingerprint density at radius 1 is 1.04 bits per heavy atom. The molecule has 4 nitrogen and oxygen atoms in total. The van der Waals surface area contributed by atoms with E-state index in [4.69, 9.17) is 10.7 Å². The van der Waals surface area contributed by atoms with E-state index in [0.29, 0.717) is 6.04 Å². The van der Waals surface area contributed by atoms with Gasteiger partial charge in [0.15, 0.2) is 0 Å². The van der Waals surface area contributed by atoms with Crippen molar-refractivity contribution in [2.75, 3.05) is 13.1 Å². The van der Waals surface area contributed by atoms with Crippen LogP contribution >= 0.6 is 11.3 Å². The second-order valence-corrected chi connectivity index (χ2v) is 8.33. The van der Waals surface area contributed by atoms with Gasteiger partial charge in [-0.05, 0) is 41.8 Å². The van der Waals surface area contributed by atoms with Crippen LogP contribution in [0.5, 0.6) is 0 Å². The van der Waals surface area contributed by atoms with Crippen molar-refractivity contribution in [1.29, 1.82) is 0 Å². The number of fused-ring (bicyclic) bond motifs is 1. The van der Waals surface area contributed by atoms with Crippen LogP contribution in [-0.4, -0.2) is 34.0 Å². The topological polar surface area (TPSA) is 57.9 Å². The number of hydrogen-bond donors (Lipinski definition) is 2. The van der Waals surface area contributed by atoms with Gasteiger partial charge in [0.1, 0.15) is 5.82 Å². The number of aromatic amines is 1. The molecule has 1 aliphatic rings. The van der Waals surface area contributed by atoms with Crippen molar-refractivity contribution < 1.29 is 0 Å². The summed E-state index contributed by atoms with van der Waals surface area (Å²) in [4.78, 5) is 13.0. The molecule has 2 aromatic heterocycles. The summed E-state index contributed by atoms with van der Waals surface area (Å²) < 4.78 is 0. The molecule has 3 heterocycles. The summed E-state index contributed by atoms with van der Waals surface area (Å²) in [7, 11) is 0. The molecule has 5 heteroatoms. The van der Waals surface area contributed by atoms with Crippen molar-refractivity contribution in [1.82, 2.24) is 14.9 Å². The smallest absolute Gasteiger partial charge is 0.148 e. The molecular formula is C22H22N4S. The van der Waals surface area contributed by atoms with Crippen molar-refractivity contribution in [3.05, 3.63) is 66.2 Å². The lowest BCUT2D eigenvalue weighted by molar-refractivity contribution is 0.327. The lowest BCUT2D eigenvalue weighted by Gasteiger charge is -2.15. The van der Waals surface area contributed by atoms with Crippen LogP contribution in [0.3, 0.4) is 0 Å². The molecule has 0 bridgehead atoms. The van der Waals surface area contributed by atoms with Gasteiger partial charge in [-0.3, -0.25) is 4.90 Å². The second-order valence-electron chi connectivity index (χ2n) is 7.25. The first-order valence-electron chi connectivity index (χ1n) is 9.37. The molecule has 27 heavy (non-hydrogen) atoms. The second kappa shape index (κ2) is 6.93. The molecule has 4 aromatic rings. The molecule has 0 saturated carbocycles. The highest BCUT2D eigenvalue weighted by molar-refractivity contribution is 7.18. The molecule has 1 aliphatic heterocycles. The number of thiophene rings is 1. The number of likely N-dealkylation sites (tertiary alicyclic amines) is 1. The van der Waals surface area contributed by atoms with E-state index >= 15 is 0 Å². The third-order valence-corrected chi connectivity index (χ3v) is 6.32. The third kappa shape index (κ3) is 3.41. The first kappa shape index (κ1) is 16.7. The van der Waals surface area contributed by atoms with Crippen molar-refractivity contribution >= 4 is 22.4 Å². The zero-order valence-corrected chi connectivity index (χ0v) is 15.9. The molecule has 1 fully saturated rings. The van der Waals surface area contributed by atoms with Crippen LogP contribution in [0.4, 0.5) is 0 Å². The van der Waals surface area contributed by atoms with Crippen LogP contribution < -0.4 is 5.73 Å².